The van der Waals surface area contributed by atoms with E-state index in [1.165, 1.54) is 5.71 Å². The zero-order valence-electron chi connectivity index (χ0n) is 23.3. The van der Waals surface area contributed by atoms with Gasteiger partial charge in [-0.1, -0.05) is 13.8 Å². The van der Waals surface area contributed by atoms with Gasteiger partial charge in [-0.15, -0.1) is 0 Å². The van der Waals surface area contributed by atoms with Crippen LogP contribution in [-0.4, -0.2) is 83.6 Å². The van der Waals surface area contributed by atoms with Gasteiger partial charge in [-0.3, -0.25) is 4.99 Å². The second kappa shape index (κ2) is 23.2. The van der Waals surface area contributed by atoms with E-state index in [1.54, 1.807) is 14.2 Å². The van der Waals surface area contributed by atoms with Gasteiger partial charge in [0.1, 0.15) is 0 Å². The molecule has 0 saturated heterocycles. The van der Waals surface area contributed by atoms with Crippen LogP contribution in [0.25, 0.3) is 0 Å². The maximum atomic E-state index is 5.83. The summed E-state index contributed by atoms with van der Waals surface area (Å²) in [7, 11) is -1.67. The largest absolute Gasteiger partial charge is 0.500 e. The van der Waals surface area contributed by atoms with Crippen molar-refractivity contribution < 1.29 is 26.6 Å². The second-order valence-corrected chi connectivity index (χ2v) is 14.0. The molecule has 0 unspecified atom stereocenters. The first-order valence-electron chi connectivity index (χ1n) is 12.8. The minimum Gasteiger partial charge on any atom is -0.377 e. The minimum absolute atomic E-state index is 0.592. The van der Waals surface area contributed by atoms with Crippen molar-refractivity contribution in [2.75, 3.05) is 60.3 Å². The van der Waals surface area contributed by atoms with Crippen LogP contribution in [0.1, 0.15) is 67.2 Å². The van der Waals surface area contributed by atoms with E-state index >= 15 is 0 Å². The number of hydrogen-bond donors (Lipinski definition) is 2. The van der Waals surface area contributed by atoms with Crippen LogP contribution in [0.3, 0.4) is 0 Å². The fourth-order valence-corrected chi connectivity index (χ4v) is 7.97. The molecule has 0 aromatic carbocycles. The van der Waals surface area contributed by atoms with Crippen molar-refractivity contribution in [3.63, 3.8) is 0 Å². The lowest BCUT2D eigenvalue weighted by Crippen LogP contribution is -2.46. The fourth-order valence-electron chi connectivity index (χ4n) is 3.33. The molecular formula is C23H55N3O6Si2. The highest BCUT2D eigenvalue weighted by molar-refractivity contribution is 6.61. The third-order valence-electron chi connectivity index (χ3n) is 4.80. The predicted molar refractivity (Wildman–Crippen MR) is 145 cm³/mol. The quantitative estimate of drug-likeness (QED) is 0.132. The molecule has 0 heterocycles. The van der Waals surface area contributed by atoms with E-state index < -0.39 is 17.6 Å². The van der Waals surface area contributed by atoms with Crippen LogP contribution < -0.4 is 11.5 Å². The molecule has 11 heteroatoms. The van der Waals surface area contributed by atoms with Crippen LogP contribution in [0, 0.1) is 5.92 Å². The second-order valence-electron chi connectivity index (χ2n) is 8.27. The van der Waals surface area contributed by atoms with Gasteiger partial charge in [-0.05, 0) is 72.4 Å². The fraction of sp³-hybridized carbons (Fsp3) is 0.957. The first-order chi connectivity index (χ1) is 16.2. The van der Waals surface area contributed by atoms with Crippen molar-refractivity contribution >= 4 is 23.3 Å². The smallest absolute Gasteiger partial charge is 0.377 e. The molecule has 0 amide bonds. The van der Waals surface area contributed by atoms with Crippen LogP contribution in [-0.2, 0) is 26.6 Å². The molecular weight excluding hydrogens is 470 g/mol. The molecule has 0 rings (SSSR count). The van der Waals surface area contributed by atoms with E-state index in [0.29, 0.717) is 45.4 Å². The number of rotatable bonds is 21. The zero-order valence-corrected chi connectivity index (χ0v) is 25.3. The standard InChI is InChI=1S/C15H33NO3Si.C8H22N2O3Si/c1-7-17-20(18-8-2,19-9-3)12-10-11-16-15(6)13-14(4)5;1-11-14(12-2,8-4-6-10)13-7-3-5-9/h14H,7-13H2,1-6H3;3-10H2,1-2H3. The van der Waals surface area contributed by atoms with Crippen molar-refractivity contribution in [1.82, 2.24) is 0 Å². The Bertz CT molecular complexity index is 467. The number of nitrogens with zero attached hydrogens (tertiary/aromatic N) is 1. The molecule has 0 saturated carbocycles. The highest BCUT2D eigenvalue weighted by Gasteiger charge is 2.39. The SMILES string of the molecule is CCO[Si](CCCN=C(C)CC(C)C)(OCC)OCC.CO[Si](CCCN)(OC)OCCCN. The highest BCUT2D eigenvalue weighted by Crippen LogP contribution is 2.18. The maximum absolute atomic E-state index is 5.83. The molecule has 9 nitrogen and oxygen atoms in total. The Morgan fingerprint density at radius 3 is 1.68 bits per heavy atom. The first kappa shape index (κ1) is 35.9. The molecule has 0 aromatic heterocycles. The van der Waals surface area contributed by atoms with Crippen molar-refractivity contribution in [2.24, 2.45) is 22.4 Å². The molecule has 0 fully saturated rings. The molecule has 0 aliphatic carbocycles. The van der Waals surface area contributed by atoms with E-state index in [0.717, 1.165) is 44.3 Å². The Morgan fingerprint density at radius 2 is 1.26 bits per heavy atom. The molecule has 0 aliphatic rings. The van der Waals surface area contributed by atoms with E-state index in [4.69, 9.17) is 38.0 Å². The monoisotopic (exact) mass is 525 g/mol. The van der Waals surface area contributed by atoms with Gasteiger partial charge in [0.2, 0.25) is 0 Å². The normalized spacial score (nSPS) is 12.7. The van der Waals surface area contributed by atoms with Crippen molar-refractivity contribution in [3.8, 4) is 0 Å². The summed E-state index contributed by atoms with van der Waals surface area (Å²) in [5.41, 5.74) is 12.0. The molecule has 34 heavy (non-hydrogen) atoms. The molecule has 0 aromatic rings. The van der Waals surface area contributed by atoms with Crippen molar-refractivity contribution in [1.29, 1.82) is 0 Å². The Morgan fingerprint density at radius 1 is 0.765 bits per heavy atom. The third kappa shape index (κ3) is 18.1. The van der Waals surface area contributed by atoms with Gasteiger partial charge in [-0.2, -0.15) is 0 Å². The summed E-state index contributed by atoms with van der Waals surface area (Å²) in [6.07, 6.45) is 3.72. The lowest BCUT2D eigenvalue weighted by Gasteiger charge is -2.28. The lowest BCUT2D eigenvalue weighted by atomic mass is 10.1. The summed E-state index contributed by atoms with van der Waals surface area (Å²) in [5.74, 6) is 0.669. The Labute approximate surface area is 212 Å². The molecule has 206 valence electrons. The summed E-state index contributed by atoms with van der Waals surface area (Å²) in [4.78, 5) is 4.62. The van der Waals surface area contributed by atoms with Gasteiger partial charge < -0.3 is 38.0 Å². The summed E-state index contributed by atoms with van der Waals surface area (Å²) in [6.45, 7) is 17.1. The van der Waals surface area contributed by atoms with Crippen LogP contribution >= 0.6 is 0 Å². The Hall–Kier alpha value is -0.216. The van der Waals surface area contributed by atoms with Crippen molar-refractivity contribution in [2.45, 2.75) is 79.3 Å². The lowest BCUT2D eigenvalue weighted by molar-refractivity contribution is 0.0710. The van der Waals surface area contributed by atoms with Crippen molar-refractivity contribution in [3.05, 3.63) is 0 Å². The summed E-state index contributed by atoms with van der Waals surface area (Å²) < 4.78 is 33.8. The topological polar surface area (TPSA) is 120 Å². The molecule has 0 aliphatic heterocycles. The Balaban J connectivity index is 0. The van der Waals surface area contributed by atoms with E-state index in [9.17, 15) is 0 Å². The van der Waals surface area contributed by atoms with Gasteiger partial charge in [0.05, 0.1) is 0 Å². The predicted octanol–water partition coefficient (Wildman–Crippen LogP) is 3.86. The average molecular weight is 526 g/mol. The van der Waals surface area contributed by atoms with Gasteiger partial charge in [0.15, 0.2) is 0 Å². The summed E-state index contributed by atoms with van der Waals surface area (Å²) >= 11 is 0. The van der Waals surface area contributed by atoms with Crippen LogP contribution in [0.4, 0.5) is 0 Å². The van der Waals surface area contributed by atoms with Gasteiger partial charge >= 0.3 is 17.6 Å². The summed E-state index contributed by atoms with van der Waals surface area (Å²) in [5, 5.41) is 0. The molecule has 0 atom stereocenters. The number of aliphatic imine (C=N–C) groups is 1. The summed E-state index contributed by atoms with van der Waals surface area (Å²) in [6, 6.07) is 1.61. The first-order valence-corrected chi connectivity index (χ1v) is 16.7. The van der Waals surface area contributed by atoms with Crippen LogP contribution in [0.15, 0.2) is 4.99 Å². The number of hydrogen-bond acceptors (Lipinski definition) is 9. The Kier molecular flexibility index (Phi) is 24.5. The zero-order chi connectivity index (χ0) is 26.3. The molecule has 0 radical (unpaired) electrons. The van der Waals surface area contributed by atoms with Crippen LogP contribution in [0.2, 0.25) is 12.1 Å². The average Bonchev–Trinajstić information content (AvgIpc) is 2.80. The maximum Gasteiger partial charge on any atom is 0.500 e. The van der Waals surface area contributed by atoms with E-state index in [-0.39, 0.29) is 0 Å². The minimum atomic E-state index is -2.47. The van der Waals surface area contributed by atoms with E-state index in [2.05, 4.69) is 25.8 Å². The van der Waals surface area contributed by atoms with E-state index in [1.807, 2.05) is 20.8 Å². The van der Waals surface area contributed by atoms with Gasteiger partial charge in [0, 0.05) is 65.0 Å². The number of nitrogens with two attached hydrogens (primary N) is 2. The van der Waals surface area contributed by atoms with Crippen LogP contribution in [0.5, 0.6) is 0 Å². The molecule has 0 bridgehead atoms. The van der Waals surface area contributed by atoms with Gasteiger partial charge in [0.25, 0.3) is 0 Å². The van der Waals surface area contributed by atoms with Gasteiger partial charge in [-0.25, -0.2) is 0 Å². The molecule has 4 N–H and O–H groups in total. The highest BCUT2D eigenvalue weighted by atomic mass is 28.4. The third-order valence-corrected chi connectivity index (χ3v) is 10.8. The molecule has 0 spiro atoms.